The Bertz CT molecular complexity index is 437. The summed E-state index contributed by atoms with van der Waals surface area (Å²) in [5.74, 6) is 0.351. The van der Waals surface area contributed by atoms with Crippen LogP contribution in [0.1, 0.15) is 41.7 Å². The minimum Gasteiger partial charge on any atom is -0.393 e. The molecule has 2 N–H and O–H groups in total. The summed E-state index contributed by atoms with van der Waals surface area (Å²) in [5, 5.41) is 12.7. The molecule has 1 aromatic rings. The van der Waals surface area contributed by atoms with E-state index in [9.17, 15) is 9.90 Å². The Morgan fingerprint density at radius 1 is 1.42 bits per heavy atom. The predicted octanol–water partition coefficient (Wildman–Crippen LogP) is 2.32. The highest BCUT2D eigenvalue weighted by Crippen LogP contribution is 2.23. The van der Waals surface area contributed by atoms with Crippen LogP contribution in [0.5, 0.6) is 0 Å². The Hall–Kier alpha value is -1.13. The molecule has 104 valence electrons. The SMILES string of the molecule is Cc1cc(C(=O)NCC2CCC(O)CC2)cc(Cl)n1. The summed E-state index contributed by atoms with van der Waals surface area (Å²) >= 11 is 5.84. The Morgan fingerprint density at radius 3 is 2.74 bits per heavy atom. The Balaban J connectivity index is 1.87. The van der Waals surface area contributed by atoms with Gasteiger partial charge in [-0.15, -0.1) is 0 Å². The van der Waals surface area contributed by atoms with Crippen molar-refractivity contribution in [3.63, 3.8) is 0 Å². The van der Waals surface area contributed by atoms with Gasteiger partial charge in [-0.1, -0.05) is 11.6 Å². The predicted molar refractivity (Wildman–Crippen MR) is 74.3 cm³/mol. The fraction of sp³-hybridized carbons (Fsp3) is 0.571. The molecule has 1 saturated carbocycles. The van der Waals surface area contributed by atoms with Crippen molar-refractivity contribution in [3.8, 4) is 0 Å². The van der Waals surface area contributed by atoms with Crippen LogP contribution in [0.4, 0.5) is 0 Å². The van der Waals surface area contributed by atoms with Crippen molar-refractivity contribution in [2.45, 2.75) is 38.7 Å². The van der Waals surface area contributed by atoms with Gasteiger partial charge in [-0.3, -0.25) is 4.79 Å². The van der Waals surface area contributed by atoms with Crippen molar-refractivity contribution in [1.82, 2.24) is 10.3 Å². The van der Waals surface area contributed by atoms with E-state index < -0.39 is 0 Å². The van der Waals surface area contributed by atoms with E-state index in [0.29, 0.717) is 23.2 Å². The number of aliphatic hydroxyl groups excluding tert-OH is 1. The lowest BCUT2D eigenvalue weighted by molar-refractivity contribution is 0.0910. The Labute approximate surface area is 118 Å². The van der Waals surface area contributed by atoms with Crippen LogP contribution in [0.15, 0.2) is 12.1 Å². The highest BCUT2D eigenvalue weighted by atomic mass is 35.5. The number of aromatic nitrogens is 1. The molecule has 0 saturated heterocycles. The summed E-state index contributed by atoms with van der Waals surface area (Å²) in [6.45, 7) is 2.47. The van der Waals surface area contributed by atoms with Crippen LogP contribution >= 0.6 is 11.6 Å². The van der Waals surface area contributed by atoms with Gasteiger partial charge in [0.2, 0.25) is 0 Å². The molecule has 1 amide bonds. The fourth-order valence-electron chi connectivity index (χ4n) is 2.45. The fourth-order valence-corrected chi connectivity index (χ4v) is 2.70. The molecule has 19 heavy (non-hydrogen) atoms. The van der Waals surface area contributed by atoms with Crippen LogP contribution in [-0.4, -0.2) is 28.6 Å². The van der Waals surface area contributed by atoms with Gasteiger partial charge < -0.3 is 10.4 Å². The molecule has 4 nitrogen and oxygen atoms in total. The number of amides is 1. The largest absolute Gasteiger partial charge is 0.393 e. The molecule has 0 aromatic carbocycles. The van der Waals surface area contributed by atoms with Crippen molar-refractivity contribution < 1.29 is 9.90 Å². The van der Waals surface area contributed by atoms with Crippen LogP contribution < -0.4 is 5.32 Å². The number of aliphatic hydroxyl groups is 1. The number of pyridine rings is 1. The average molecular weight is 283 g/mol. The van der Waals surface area contributed by atoms with Crippen LogP contribution in [-0.2, 0) is 0 Å². The minimum atomic E-state index is -0.159. The summed E-state index contributed by atoms with van der Waals surface area (Å²) < 4.78 is 0. The Morgan fingerprint density at radius 2 is 2.11 bits per heavy atom. The zero-order valence-electron chi connectivity index (χ0n) is 11.0. The smallest absolute Gasteiger partial charge is 0.251 e. The van der Waals surface area contributed by atoms with Crippen LogP contribution in [0.3, 0.4) is 0 Å². The molecule has 1 heterocycles. The van der Waals surface area contributed by atoms with Gasteiger partial charge in [-0.2, -0.15) is 0 Å². The van der Waals surface area contributed by atoms with E-state index in [-0.39, 0.29) is 12.0 Å². The number of rotatable bonds is 3. The summed E-state index contributed by atoms with van der Waals surface area (Å²) in [6, 6.07) is 3.31. The zero-order chi connectivity index (χ0) is 13.8. The molecule has 0 bridgehead atoms. The third-order valence-electron chi connectivity index (χ3n) is 3.55. The van der Waals surface area contributed by atoms with E-state index in [2.05, 4.69) is 10.3 Å². The van der Waals surface area contributed by atoms with Crippen molar-refractivity contribution in [2.75, 3.05) is 6.54 Å². The van der Waals surface area contributed by atoms with Crippen molar-refractivity contribution in [2.24, 2.45) is 5.92 Å². The molecule has 2 rings (SSSR count). The van der Waals surface area contributed by atoms with Gasteiger partial charge in [0.25, 0.3) is 5.91 Å². The maximum atomic E-state index is 12.0. The number of aryl methyl sites for hydroxylation is 1. The van der Waals surface area contributed by atoms with Gasteiger partial charge in [0, 0.05) is 17.8 Å². The van der Waals surface area contributed by atoms with Crippen LogP contribution in [0, 0.1) is 12.8 Å². The molecule has 0 radical (unpaired) electrons. The number of halogens is 1. The number of nitrogens with one attached hydrogen (secondary N) is 1. The molecular formula is C14H19ClN2O2. The third-order valence-corrected chi connectivity index (χ3v) is 3.75. The first-order valence-electron chi connectivity index (χ1n) is 6.65. The zero-order valence-corrected chi connectivity index (χ0v) is 11.8. The van der Waals surface area contributed by atoms with Gasteiger partial charge in [-0.25, -0.2) is 4.98 Å². The van der Waals surface area contributed by atoms with Crippen LogP contribution in [0.25, 0.3) is 0 Å². The standard InChI is InChI=1S/C14H19ClN2O2/c1-9-6-11(7-13(15)17-9)14(19)16-8-10-2-4-12(18)5-3-10/h6-7,10,12,18H,2-5,8H2,1H3,(H,16,19). The first-order chi connectivity index (χ1) is 9.04. The van der Waals surface area contributed by atoms with Gasteiger partial charge in [0.15, 0.2) is 0 Å². The highest BCUT2D eigenvalue weighted by molar-refractivity contribution is 6.29. The average Bonchev–Trinajstić information content (AvgIpc) is 2.36. The van der Waals surface area contributed by atoms with Gasteiger partial charge in [-0.05, 0) is 50.7 Å². The number of hydrogen-bond donors (Lipinski definition) is 2. The lowest BCUT2D eigenvalue weighted by atomic mass is 9.87. The van der Waals surface area contributed by atoms with E-state index in [1.165, 1.54) is 0 Å². The van der Waals surface area contributed by atoms with Crippen molar-refractivity contribution in [1.29, 1.82) is 0 Å². The number of carbonyl (C=O) groups excluding carboxylic acids is 1. The first kappa shape index (κ1) is 14.3. The molecule has 1 fully saturated rings. The van der Waals surface area contributed by atoms with Gasteiger partial charge >= 0.3 is 0 Å². The van der Waals surface area contributed by atoms with Crippen molar-refractivity contribution >= 4 is 17.5 Å². The van der Waals surface area contributed by atoms with E-state index >= 15 is 0 Å². The molecule has 1 aromatic heterocycles. The highest BCUT2D eigenvalue weighted by Gasteiger charge is 2.20. The lowest BCUT2D eigenvalue weighted by Gasteiger charge is -2.25. The lowest BCUT2D eigenvalue weighted by Crippen LogP contribution is -2.32. The van der Waals surface area contributed by atoms with Crippen LogP contribution in [0.2, 0.25) is 5.15 Å². The van der Waals surface area contributed by atoms with E-state index in [1.807, 2.05) is 6.92 Å². The number of carbonyl (C=O) groups is 1. The Kier molecular flexibility index (Phi) is 4.77. The molecule has 0 unspecified atom stereocenters. The molecule has 5 heteroatoms. The topological polar surface area (TPSA) is 62.2 Å². The molecule has 0 spiro atoms. The minimum absolute atomic E-state index is 0.112. The summed E-state index contributed by atoms with van der Waals surface area (Å²) in [7, 11) is 0. The van der Waals surface area contributed by atoms with Gasteiger partial charge in [0.05, 0.1) is 6.10 Å². The van der Waals surface area contributed by atoms with Crippen molar-refractivity contribution in [3.05, 3.63) is 28.5 Å². The van der Waals surface area contributed by atoms with E-state index in [4.69, 9.17) is 11.6 Å². The number of hydrogen-bond acceptors (Lipinski definition) is 3. The summed E-state index contributed by atoms with van der Waals surface area (Å²) in [4.78, 5) is 16.0. The summed E-state index contributed by atoms with van der Waals surface area (Å²) in [6.07, 6.45) is 3.45. The molecule has 1 aliphatic carbocycles. The number of nitrogens with zero attached hydrogens (tertiary/aromatic N) is 1. The van der Waals surface area contributed by atoms with E-state index in [0.717, 1.165) is 31.4 Å². The molecule has 0 aliphatic heterocycles. The summed E-state index contributed by atoms with van der Waals surface area (Å²) in [5.41, 5.74) is 1.28. The molecular weight excluding hydrogens is 264 g/mol. The molecule has 0 atom stereocenters. The third kappa shape index (κ3) is 4.18. The monoisotopic (exact) mass is 282 g/mol. The van der Waals surface area contributed by atoms with Gasteiger partial charge in [0.1, 0.15) is 5.15 Å². The maximum absolute atomic E-state index is 12.0. The second kappa shape index (κ2) is 6.35. The maximum Gasteiger partial charge on any atom is 0.251 e. The quantitative estimate of drug-likeness (QED) is 0.837. The normalized spacial score (nSPS) is 23.1. The second-order valence-electron chi connectivity index (χ2n) is 5.20. The first-order valence-corrected chi connectivity index (χ1v) is 7.03. The molecule has 1 aliphatic rings. The second-order valence-corrected chi connectivity index (χ2v) is 5.59. The van der Waals surface area contributed by atoms with E-state index in [1.54, 1.807) is 12.1 Å².